The average Bonchev–Trinajstić information content (AvgIpc) is 3.86. The summed E-state index contributed by atoms with van der Waals surface area (Å²) in [6.45, 7) is 11.3. The highest BCUT2D eigenvalue weighted by Crippen LogP contribution is 2.38. The molecule has 0 saturated carbocycles. The van der Waals surface area contributed by atoms with Gasteiger partial charge in [0.2, 0.25) is 0 Å². The van der Waals surface area contributed by atoms with E-state index in [2.05, 4.69) is 0 Å². The quantitative estimate of drug-likeness (QED) is 0.0887. The number of ether oxygens (including phenoxy) is 9. The van der Waals surface area contributed by atoms with Crippen LogP contribution in [0.1, 0.15) is 87.0 Å². The molecule has 4 heterocycles. The second-order valence-electron chi connectivity index (χ2n) is 16.4. The van der Waals surface area contributed by atoms with E-state index in [0.717, 1.165) is 0 Å². The molecule has 17 nitrogen and oxygen atoms in total. The van der Waals surface area contributed by atoms with Gasteiger partial charge in [-0.3, -0.25) is 14.4 Å². The SMILES string of the molecule is CCC(=O)O[C@H]1CC(=O)O[C@H](C)C[C@@H]2O[C@@H]2/C=C/[C@H](O)[C@@H](C)C[C@H](CC=O)[C@H](O[C@H]2O[C@H](C)[C@@H](O[C@@H]3C[C@](C)(O)[C@H](OC(C)=O)[C@H](C)O3)[C@H](N(C)C)[C@@H]2O)[C@H]1OC. The van der Waals surface area contributed by atoms with Gasteiger partial charge < -0.3 is 67.6 Å². The number of aliphatic hydroxyl groups excluding tert-OH is 2. The van der Waals surface area contributed by atoms with Crippen molar-refractivity contribution < 1.29 is 77.1 Å². The molecule has 0 radical (unpaired) electrons. The molecular weight excluding hydrogens is 750 g/mol. The first-order valence-corrected chi connectivity index (χ1v) is 20.0. The molecule has 0 bridgehead atoms. The summed E-state index contributed by atoms with van der Waals surface area (Å²) in [5.74, 6) is -2.95. The van der Waals surface area contributed by atoms with Gasteiger partial charge in [0, 0.05) is 39.7 Å². The maximum Gasteiger partial charge on any atom is 0.309 e. The number of esters is 3. The number of fused-ring (bicyclic) bond motifs is 1. The molecule has 0 amide bonds. The van der Waals surface area contributed by atoms with E-state index < -0.39 is 121 Å². The van der Waals surface area contributed by atoms with Crippen molar-refractivity contribution in [3.05, 3.63) is 12.2 Å². The van der Waals surface area contributed by atoms with E-state index in [0.29, 0.717) is 12.7 Å². The van der Waals surface area contributed by atoms with Gasteiger partial charge in [-0.05, 0) is 60.0 Å². The molecule has 18 atom stereocenters. The number of hydrogen-bond acceptors (Lipinski definition) is 17. The third kappa shape index (κ3) is 12.5. The smallest absolute Gasteiger partial charge is 0.309 e. The molecule has 17 heteroatoms. The topological polar surface area (TPSA) is 219 Å². The summed E-state index contributed by atoms with van der Waals surface area (Å²) in [4.78, 5) is 52.0. The fourth-order valence-corrected chi connectivity index (χ4v) is 8.31. The van der Waals surface area contributed by atoms with Gasteiger partial charge in [0.15, 0.2) is 18.7 Å². The molecule has 3 fully saturated rings. The number of rotatable bonds is 11. The summed E-state index contributed by atoms with van der Waals surface area (Å²) < 4.78 is 54.1. The Balaban J connectivity index is 1.68. The van der Waals surface area contributed by atoms with E-state index in [1.807, 2.05) is 6.92 Å². The standard InChI is InChI=1S/C40H65NO16/c1-11-30(45)55-29-18-31(46)50-21(3)17-28-27(54-28)13-12-26(44)20(2)16-25(14-15-42)36(37(29)49-10)57-39-34(47)33(41(8)9)35(22(4)52-39)56-32-19-40(7,48)38(23(5)51-32)53-24(6)43/h12-13,15,20-23,25-29,32-39,44,47-48H,11,14,16-19H2,1-10H3/b13-12+/t20-,21+,22+,23-,25-,26-,27+,28-,29-,32+,33+,34-,35+,36-,37-,38+,39+,40-/m0/s1. The average molecular weight is 816 g/mol. The lowest BCUT2D eigenvalue weighted by molar-refractivity contribution is -0.344. The lowest BCUT2D eigenvalue weighted by Crippen LogP contribution is -2.66. The molecule has 326 valence electrons. The zero-order valence-corrected chi connectivity index (χ0v) is 34.9. The Morgan fingerprint density at radius 2 is 1.68 bits per heavy atom. The Morgan fingerprint density at radius 3 is 2.28 bits per heavy atom. The van der Waals surface area contributed by atoms with Gasteiger partial charge in [-0.2, -0.15) is 0 Å². The molecule has 3 N–H and O–H groups in total. The first-order valence-electron chi connectivity index (χ1n) is 20.0. The summed E-state index contributed by atoms with van der Waals surface area (Å²) >= 11 is 0. The van der Waals surface area contributed by atoms with E-state index >= 15 is 0 Å². The van der Waals surface area contributed by atoms with Crippen LogP contribution in [0.5, 0.6) is 0 Å². The number of cyclic esters (lactones) is 1. The number of epoxide rings is 1. The molecule has 0 spiro atoms. The fraction of sp³-hybridized carbons (Fsp3) is 0.850. The molecule has 57 heavy (non-hydrogen) atoms. The summed E-state index contributed by atoms with van der Waals surface area (Å²) in [5, 5.41) is 34.5. The Kier molecular flexibility index (Phi) is 17.0. The Bertz CT molecular complexity index is 1380. The van der Waals surface area contributed by atoms with Crippen LogP contribution in [-0.2, 0) is 61.8 Å². The molecule has 4 aliphatic heterocycles. The van der Waals surface area contributed by atoms with Gasteiger partial charge in [0.05, 0.1) is 43.0 Å². The molecular formula is C40H65NO16. The number of aldehydes is 1. The number of methoxy groups -OCH3 is 1. The van der Waals surface area contributed by atoms with Crippen molar-refractivity contribution >= 4 is 24.2 Å². The lowest BCUT2D eigenvalue weighted by atomic mass is 9.82. The predicted octanol–water partition coefficient (Wildman–Crippen LogP) is 1.59. The summed E-state index contributed by atoms with van der Waals surface area (Å²) in [6, 6.07) is -0.782. The van der Waals surface area contributed by atoms with Gasteiger partial charge in [0.1, 0.15) is 48.5 Å². The minimum atomic E-state index is -1.49. The van der Waals surface area contributed by atoms with Crippen LogP contribution in [-0.4, -0.2) is 163 Å². The Morgan fingerprint density at radius 1 is 0.982 bits per heavy atom. The van der Waals surface area contributed by atoms with E-state index in [1.165, 1.54) is 21.0 Å². The van der Waals surface area contributed by atoms with Crippen LogP contribution in [0.4, 0.5) is 0 Å². The van der Waals surface area contributed by atoms with Crippen LogP contribution in [0.3, 0.4) is 0 Å². The van der Waals surface area contributed by atoms with E-state index in [9.17, 15) is 34.5 Å². The number of nitrogens with zero attached hydrogens (tertiary/aromatic N) is 1. The van der Waals surface area contributed by atoms with Crippen LogP contribution in [0.25, 0.3) is 0 Å². The second kappa shape index (κ2) is 20.6. The van der Waals surface area contributed by atoms with Crippen molar-refractivity contribution in [1.82, 2.24) is 4.90 Å². The molecule has 4 aliphatic rings. The molecule has 0 aliphatic carbocycles. The van der Waals surface area contributed by atoms with Crippen molar-refractivity contribution in [3.8, 4) is 0 Å². The number of carbonyl (C=O) groups is 4. The van der Waals surface area contributed by atoms with E-state index in [4.69, 9.17) is 42.6 Å². The highest BCUT2D eigenvalue weighted by molar-refractivity contribution is 5.72. The number of hydrogen-bond donors (Lipinski definition) is 3. The third-order valence-corrected chi connectivity index (χ3v) is 11.3. The zero-order valence-electron chi connectivity index (χ0n) is 34.9. The largest absolute Gasteiger partial charge is 0.462 e. The van der Waals surface area contributed by atoms with Gasteiger partial charge in [-0.1, -0.05) is 26.0 Å². The van der Waals surface area contributed by atoms with Crippen LogP contribution in [0, 0.1) is 11.8 Å². The first kappa shape index (κ1) is 47.1. The van der Waals surface area contributed by atoms with Gasteiger partial charge in [-0.25, -0.2) is 0 Å². The van der Waals surface area contributed by atoms with Crippen LogP contribution in [0.2, 0.25) is 0 Å². The van der Waals surface area contributed by atoms with Crippen molar-refractivity contribution in [1.29, 1.82) is 0 Å². The normalized spacial score (nSPS) is 44.0. The van der Waals surface area contributed by atoms with Gasteiger partial charge in [0.25, 0.3) is 0 Å². The number of likely N-dealkylation sites (N-methyl/N-ethyl adjacent to an activating group) is 1. The minimum Gasteiger partial charge on any atom is -0.462 e. The molecule has 0 unspecified atom stereocenters. The summed E-state index contributed by atoms with van der Waals surface area (Å²) in [7, 11) is 4.85. The fourth-order valence-electron chi connectivity index (χ4n) is 8.31. The molecule has 0 aromatic heterocycles. The molecule has 4 rings (SSSR count). The minimum absolute atomic E-state index is 0.00512. The lowest BCUT2D eigenvalue weighted by Gasteiger charge is -2.50. The van der Waals surface area contributed by atoms with Crippen LogP contribution < -0.4 is 0 Å². The van der Waals surface area contributed by atoms with Crippen molar-refractivity contribution in [2.45, 2.75) is 184 Å². The van der Waals surface area contributed by atoms with Gasteiger partial charge in [-0.15, -0.1) is 0 Å². The maximum atomic E-state index is 13.4. The van der Waals surface area contributed by atoms with Crippen molar-refractivity contribution in [3.63, 3.8) is 0 Å². The van der Waals surface area contributed by atoms with Crippen molar-refractivity contribution in [2.75, 3.05) is 21.2 Å². The third-order valence-electron chi connectivity index (χ3n) is 11.3. The number of aliphatic hydroxyl groups is 3. The van der Waals surface area contributed by atoms with Gasteiger partial charge >= 0.3 is 17.9 Å². The monoisotopic (exact) mass is 815 g/mol. The maximum absolute atomic E-state index is 13.4. The van der Waals surface area contributed by atoms with E-state index in [-0.39, 0.29) is 37.9 Å². The summed E-state index contributed by atoms with van der Waals surface area (Å²) in [6.07, 6.45) is -8.23. The number of carbonyl (C=O) groups excluding carboxylic acids is 4. The van der Waals surface area contributed by atoms with Crippen LogP contribution >= 0.6 is 0 Å². The second-order valence-corrected chi connectivity index (χ2v) is 16.4. The predicted molar refractivity (Wildman–Crippen MR) is 200 cm³/mol. The van der Waals surface area contributed by atoms with Crippen molar-refractivity contribution in [2.24, 2.45) is 11.8 Å². The zero-order chi connectivity index (χ0) is 42.4. The summed E-state index contributed by atoms with van der Waals surface area (Å²) in [5.41, 5.74) is -1.49. The Hall–Kier alpha value is -2.58. The van der Waals surface area contributed by atoms with E-state index in [1.54, 1.807) is 58.8 Å². The highest BCUT2D eigenvalue weighted by Gasteiger charge is 2.53. The molecule has 3 saturated heterocycles. The first-order chi connectivity index (χ1) is 26.8. The highest BCUT2D eigenvalue weighted by atomic mass is 16.7. The molecule has 0 aromatic rings. The van der Waals surface area contributed by atoms with Crippen LogP contribution in [0.15, 0.2) is 12.2 Å². The Labute approximate surface area is 335 Å². The molecule has 0 aromatic carbocycles.